The molecule has 1 rings (SSSR count). The van der Waals surface area contributed by atoms with E-state index in [1.165, 1.54) is 30.4 Å². The predicted molar refractivity (Wildman–Crippen MR) is 133 cm³/mol. The zero-order chi connectivity index (χ0) is 20.1. The maximum atomic E-state index is 5.27. The van der Waals surface area contributed by atoms with E-state index in [-0.39, 0.29) is 0 Å². The van der Waals surface area contributed by atoms with Gasteiger partial charge in [0.1, 0.15) is 11.5 Å². The normalized spacial score (nSPS) is 22.4. The summed E-state index contributed by atoms with van der Waals surface area (Å²) in [6, 6.07) is 0. The van der Waals surface area contributed by atoms with Crippen molar-refractivity contribution in [1.82, 2.24) is 0 Å². The Morgan fingerprint density at radius 3 is 1.33 bits per heavy atom. The number of hydrogen-bond acceptors (Lipinski definition) is 2. The van der Waals surface area contributed by atoms with Crippen LogP contribution in [0.25, 0.3) is 0 Å². The Morgan fingerprint density at radius 1 is 0.630 bits per heavy atom. The van der Waals surface area contributed by atoms with Crippen LogP contribution in [0.1, 0.15) is 32.1 Å². The van der Waals surface area contributed by atoms with Crippen molar-refractivity contribution in [3.8, 4) is 0 Å². The van der Waals surface area contributed by atoms with Gasteiger partial charge in [0.05, 0.1) is 0 Å². The second-order valence-electron chi connectivity index (χ2n) is 6.29. The zero-order valence-corrected chi connectivity index (χ0v) is 20.0. The number of halogens is 2. The fourth-order valence-corrected chi connectivity index (χ4v) is 4.05. The van der Waals surface area contributed by atoms with Gasteiger partial charge in [-0.05, 0) is 60.1 Å². The molecule has 1 saturated carbocycles. The molecule has 1 aliphatic carbocycles. The molecule has 27 heavy (non-hydrogen) atoms. The van der Waals surface area contributed by atoms with Gasteiger partial charge < -0.3 is 6.13 Å². The molecule has 0 aromatic rings. The highest BCUT2D eigenvalue weighted by molar-refractivity contribution is 14.1. The summed E-state index contributed by atoms with van der Waals surface area (Å²) in [4.78, 5) is 0. The van der Waals surface area contributed by atoms with Gasteiger partial charge in [-0.2, -0.15) is 0 Å². The number of hydrogen-bond donors (Lipinski definition) is 0. The molecule has 2 unspecified atom stereocenters. The van der Waals surface area contributed by atoms with E-state index in [1.54, 1.807) is 12.2 Å². The SMILES string of the molecule is C=C/C(=C\C=C(/C=C)C1CCCCCC1/C(C=C)=C/C=C(\C=C)OI)OI. The summed E-state index contributed by atoms with van der Waals surface area (Å²) in [6.07, 6.45) is 21.4. The molecule has 146 valence electrons. The first kappa shape index (κ1) is 24.0. The summed E-state index contributed by atoms with van der Waals surface area (Å²) < 4.78 is 10.5. The van der Waals surface area contributed by atoms with Crippen molar-refractivity contribution in [2.75, 3.05) is 0 Å². The summed E-state index contributed by atoms with van der Waals surface area (Å²) in [5, 5.41) is 0. The quantitative estimate of drug-likeness (QED) is 0.110. The van der Waals surface area contributed by atoms with Crippen molar-refractivity contribution in [3.05, 3.63) is 97.6 Å². The third-order valence-electron chi connectivity index (χ3n) is 4.80. The molecule has 0 saturated heterocycles. The Kier molecular flexibility index (Phi) is 12.5. The molecule has 0 spiro atoms. The molecule has 0 aromatic heterocycles. The van der Waals surface area contributed by atoms with Gasteiger partial charge in [-0.3, -0.25) is 0 Å². The Hall–Kier alpha value is -1.02. The molecular formula is C23H28I2O2. The lowest BCUT2D eigenvalue weighted by Crippen LogP contribution is -2.17. The van der Waals surface area contributed by atoms with E-state index in [2.05, 4.69) is 38.5 Å². The Labute approximate surface area is 192 Å². The topological polar surface area (TPSA) is 18.5 Å². The summed E-state index contributed by atoms with van der Waals surface area (Å²) >= 11 is 3.74. The van der Waals surface area contributed by atoms with Crippen LogP contribution in [0.5, 0.6) is 0 Å². The third kappa shape index (κ3) is 7.86. The van der Waals surface area contributed by atoms with E-state index >= 15 is 0 Å². The smallest absolute Gasteiger partial charge is 0.192 e. The van der Waals surface area contributed by atoms with Crippen molar-refractivity contribution in [3.63, 3.8) is 0 Å². The highest BCUT2D eigenvalue weighted by Gasteiger charge is 2.27. The van der Waals surface area contributed by atoms with Crippen LogP contribution in [0.2, 0.25) is 0 Å². The van der Waals surface area contributed by atoms with E-state index in [0.29, 0.717) is 11.8 Å². The summed E-state index contributed by atoms with van der Waals surface area (Å²) in [6.45, 7) is 15.7. The molecule has 1 fully saturated rings. The van der Waals surface area contributed by atoms with E-state index in [1.807, 2.05) is 70.3 Å². The Balaban J connectivity index is 3.29. The van der Waals surface area contributed by atoms with Crippen LogP contribution >= 0.6 is 46.0 Å². The minimum Gasteiger partial charge on any atom is -0.428 e. The lowest BCUT2D eigenvalue weighted by atomic mass is 9.77. The third-order valence-corrected chi connectivity index (χ3v) is 5.82. The summed E-state index contributed by atoms with van der Waals surface area (Å²) in [5.41, 5.74) is 2.45. The first-order valence-corrected chi connectivity index (χ1v) is 10.8. The largest absolute Gasteiger partial charge is 0.428 e. The Bertz CT molecular complexity index is 597. The second-order valence-corrected chi connectivity index (χ2v) is 7.17. The molecule has 0 radical (unpaired) electrons. The molecule has 2 atom stereocenters. The zero-order valence-electron chi connectivity index (χ0n) is 15.7. The van der Waals surface area contributed by atoms with Gasteiger partial charge in [0.25, 0.3) is 0 Å². The van der Waals surface area contributed by atoms with Crippen LogP contribution in [0, 0.1) is 11.8 Å². The van der Waals surface area contributed by atoms with E-state index in [9.17, 15) is 0 Å². The molecule has 0 aliphatic heterocycles. The minimum absolute atomic E-state index is 0.395. The predicted octanol–water partition coefficient (Wildman–Crippen LogP) is 8.28. The molecule has 0 amide bonds. The van der Waals surface area contributed by atoms with Crippen LogP contribution in [-0.4, -0.2) is 0 Å². The maximum absolute atomic E-state index is 5.27. The van der Waals surface area contributed by atoms with Gasteiger partial charge in [-0.15, -0.1) is 0 Å². The lowest BCUT2D eigenvalue weighted by molar-refractivity contribution is 0.421. The molecular weight excluding hydrogens is 562 g/mol. The molecule has 2 nitrogen and oxygen atoms in total. The van der Waals surface area contributed by atoms with Crippen molar-refractivity contribution in [2.24, 2.45) is 11.8 Å². The van der Waals surface area contributed by atoms with E-state index < -0.39 is 0 Å². The Morgan fingerprint density at radius 2 is 1.04 bits per heavy atom. The van der Waals surface area contributed by atoms with Crippen molar-refractivity contribution in [1.29, 1.82) is 0 Å². The van der Waals surface area contributed by atoms with Crippen molar-refractivity contribution < 1.29 is 6.13 Å². The maximum Gasteiger partial charge on any atom is 0.192 e. The van der Waals surface area contributed by atoms with Crippen LogP contribution in [0.3, 0.4) is 0 Å². The number of allylic oxidation sites excluding steroid dienone is 10. The number of rotatable bonds is 10. The first-order valence-electron chi connectivity index (χ1n) is 9.05. The van der Waals surface area contributed by atoms with Crippen LogP contribution < -0.4 is 0 Å². The van der Waals surface area contributed by atoms with Gasteiger partial charge in [-0.25, -0.2) is 0 Å². The highest BCUT2D eigenvalue weighted by Crippen LogP contribution is 2.39. The fourth-order valence-electron chi connectivity index (χ4n) is 3.40. The molecule has 4 heteroatoms. The molecule has 0 aromatic carbocycles. The second kappa shape index (κ2) is 14.0. The van der Waals surface area contributed by atoms with Crippen molar-refractivity contribution in [2.45, 2.75) is 32.1 Å². The summed E-state index contributed by atoms with van der Waals surface area (Å²) in [5.74, 6) is 2.26. The standard InChI is InChI=1S/C23H28I2O2/c1-5-18(14-16-20(7-3)26-24)22-12-10-9-11-13-23(22)19(6-2)15-17-21(8-4)27-25/h5-8,14-17,22-23H,1-4,9-13H2/b18-14+,19-15+,20-16+,21-17+. The monoisotopic (exact) mass is 590 g/mol. The molecule has 1 aliphatic rings. The fraction of sp³-hybridized carbons (Fsp3) is 0.304. The van der Waals surface area contributed by atoms with E-state index in [4.69, 9.17) is 6.13 Å². The van der Waals surface area contributed by atoms with Crippen LogP contribution in [0.15, 0.2) is 97.6 Å². The molecule has 0 bridgehead atoms. The van der Waals surface area contributed by atoms with Gasteiger partial charge in [0.2, 0.25) is 0 Å². The van der Waals surface area contributed by atoms with Gasteiger partial charge in [-0.1, -0.05) is 69.9 Å². The molecule has 0 heterocycles. The van der Waals surface area contributed by atoms with E-state index in [0.717, 1.165) is 24.4 Å². The van der Waals surface area contributed by atoms with Crippen LogP contribution in [-0.2, 0) is 6.13 Å². The van der Waals surface area contributed by atoms with Gasteiger partial charge >= 0.3 is 0 Å². The average Bonchev–Trinajstić information content (AvgIpc) is 2.95. The van der Waals surface area contributed by atoms with Crippen molar-refractivity contribution >= 4 is 46.0 Å². The van der Waals surface area contributed by atoms with Gasteiger partial charge in [0, 0.05) is 0 Å². The lowest BCUT2D eigenvalue weighted by Gasteiger charge is -2.27. The highest BCUT2D eigenvalue weighted by atomic mass is 127. The molecule has 0 N–H and O–H groups in total. The first-order chi connectivity index (χ1) is 13.1. The van der Waals surface area contributed by atoms with Gasteiger partial charge in [0.15, 0.2) is 46.0 Å². The minimum atomic E-state index is 0.395. The van der Waals surface area contributed by atoms with Crippen LogP contribution in [0.4, 0.5) is 0 Å². The summed E-state index contributed by atoms with van der Waals surface area (Å²) in [7, 11) is 0. The average molecular weight is 590 g/mol.